The molecule has 0 fully saturated rings. The van der Waals surface area contributed by atoms with Crippen molar-refractivity contribution >= 4 is 16.2 Å². The van der Waals surface area contributed by atoms with Crippen molar-refractivity contribution in [3.8, 4) is 11.3 Å². The summed E-state index contributed by atoms with van der Waals surface area (Å²) in [7, 11) is -3.77. The Bertz CT molecular complexity index is 1060. The highest BCUT2D eigenvalue weighted by molar-refractivity contribution is 7.89. The number of nitrogens with zero attached hydrogens (tertiary/aromatic N) is 2. The molecule has 6 nitrogen and oxygen atoms in total. The largest absolute Gasteiger partial charge is 0.277 e. The Morgan fingerprint density at radius 1 is 1.18 bits per heavy atom. The van der Waals surface area contributed by atoms with Gasteiger partial charge >= 0.3 is 0 Å². The van der Waals surface area contributed by atoms with Crippen LogP contribution in [0.3, 0.4) is 0 Å². The SMILES string of the molecule is CCC(C)c1ccc(S(=O)(=O)N/N=C/c2cn[nH]c2-c2ccc(F)cc2)cc1. The molecule has 3 aromatic rings. The number of hydrazone groups is 1. The summed E-state index contributed by atoms with van der Waals surface area (Å²) in [6.45, 7) is 4.18. The van der Waals surface area contributed by atoms with Crippen LogP contribution in [-0.4, -0.2) is 24.8 Å². The minimum Gasteiger partial charge on any atom is -0.277 e. The van der Waals surface area contributed by atoms with Gasteiger partial charge in [0, 0.05) is 11.1 Å². The molecule has 0 aliphatic carbocycles. The molecule has 1 atom stereocenters. The van der Waals surface area contributed by atoms with Gasteiger partial charge in [-0.05, 0) is 54.3 Å². The van der Waals surface area contributed by atoms with Gasteiger partial charge in [-0.25, -0.2) is 9.22 Å². The Kier molecular flexibility index (Phi) is 5.89. The van der Waals surface area contributed by atoms with Gasteiger partial charge in [0.1, 0.15) is 5.82 Å². The van der Waals surface area contributed by atoms with E-state index in [0.717, 1.165) is 12.0 Å². The predicted molar refractivity (Wildman–Crippen MR) is 107 cm³/mol. The van der Waals surface area contributed by atoms with Crippen molar-refractivity contribution in [3.05, 3.63) is 71.7 Å². The van der Waals surface area contributed by atoms with Gasteiger partial charge in [-0.15, -0.1) is 0 Å². The number of benzene rings is 2. The van der Waals surface area contributed by atoms with Crippen LogP contribution in [-0.2, 0) is 10.0 Å². The van der Waals surface area contributed by atoms with Gasteiger partial charge in [-0.2, -0.15) is 18.6 Å². The normalized spacial score (nSPS) is 13.0. The van der Waals surface area contributed by atoms with Gasteiger partial charge in [0.15, 0.2) is 0 Å². The number of hydrogen-bond acceptors (Lipinski definition) is 4. The Balaban J connectivity index is 1.74. The molecule has 0 saturated carbocycles. The third-order valence-corrected chi connectivity index (χ3v) is 5.79. The van der Waals surface area contributed by atoms with Gasteiger partial charge in [0.05, 0.1) is 23.0 Å². The van der Waals surface area contributed by atoms with Crippen LogP contribution in [0.15, 0.2) is 64.7 Å². The van der Waals surface area contributed by atoms with E-state index in [2.05, 4.69) is 34.0 Å². The first kappa shape index (κ1) is 19.8. The van der Waals surface area contributed by atoms with Gasteiger partial charge in [-0.1, -0.05) is 26.0 Å². The third kappa shape index (κ3) is 4.45. The summed E-state index contributed by atoms with van der Waals surface area (Å²) < 4.78 is 37.9. The second-order valence-corrected chi connectivity index (χ2v) is 8.10. The summed E-state index contributed by atoms with van der Waals surface area (Å²) >= 11 is 0. The zero-order valence-electron chi connectivity index (χ0n) is 15.6. The summed E-state index contributed by atoms with van der Waals surface area (Å²) in [6, 6.07) is 12.6. The first-order chi connectivity index (χ1) is 13.4. The summed E-state index contributed by atoms with van der Waals surface area (Å²) in [6.07, 6.45) is 3.85. The van der Waals surface area contributed by atoms with Crippen LogP contribution in [0.2, 0.25) is 0 Å². The summed E-state index contributed by atoms with van der Waals surface area (Å²) in [5.41, 5.74) is 2.98. The van der Waals surface area contributed by atoms with E-state index in [0.29, 0.717) is 22.7 Å². The van der Waals surface area contributed by atoms with Crippen LogP contribution >= 0.6 is 0 Å². The van der Waals surface area contributed by atoms with Crippen LogP contribution in [0.4, 0.5) is 4.39 Å². The molecule has 28 heavy (non-hydrogen) atoms. The minimum atomic E-state index is -3.77. The highest BCUT2D eigenvalue weighted by Crippen LogP contribution is 2.21. The van der Waals surface area contributed by atoms with Crippen molar-refractivity contribution in [3.63, 3.8) is 0 Å². The maximum absolute atomic E-state index is 13.1. The Morgan fingerprint density at radius 3 is 2.50 bits per heavy atom. The summed E-state index contributed by atoms with van der Waals surface area (Å²) in [5, 5.41) is 10.6. The number of H-pyrrole nitrogens is 1. The topological polar surface area (TPSA) is 87.2 Å². The fourth-order valence-electron chi connectivity index (χ4n) is 2.67. The monoisotopic (exact) mass is 400 g/mol. The quantitative estimate of drug-likeness (QED) is 0.463. The molecule has 0 aliphatic rings. The number of hydrogen-bond donors (Lipinski definition) is 2. The standard InChI is InChI=1S/C20H21FN4O2S/c1-3-14(2)15-6-10-19(11-7-15)28(26,27)25-23-13-17-12-22-24-20(17)16-4-8-18(21)9-5-16/h4-14,25H,3H2,1-2H3,(H,22,24)/b23-13+. The molecule has 1 unspecified atom stereocenters. The second-order valence-electron chi connectivity index (χ2n) is 6.44. The number of aromatic amines is 1. The van der Waals surface area contributed by atoms with E-state index in [1.54, 1.807) is 24.3 Å². The lowest BCUT2D eigenvalue weighted by Crippen LogP contribution is -2.18. The van der Waals surface area contributed by atoms with Gasteiger partial charge in [0.2, 0.25) is 0 Å². The zero-order chi connectivity index (χ0) is 20.1. The van der Waals surface area contributed by atoms with Crippen LogP contribution < -0.4 is 4.83 Å². The van der Waals surface area contributed by atoms with Crippen molar-refractivity contribution in [1.82, 2.24) is 15.0 Å². The summed E-state index contributed by atoms with van der Waals surface area (Å²) in [5.74, 6) is 0.0271. The fraction of sp³-hybridized carbons (Fsp3) is 0.200. The lowest BCUT2D eigenvalue weighted by Gasteiger charge is -2.09. The van der Waals surface area contributed by atoms with E-state index in [1.165, 1.54) is 24.5 Å². The van der Waals surface area contributed by atoms with Crippen molar-refractivity contribution in [2.75, 3.05) is 0 Å². The predicted octanol–water partition coefficient (Wildman–Crippen LogP) is 4.04. The second kappa shape index (κ2) is 8.35. The minimum absolute atomic E-state index is 0.141. The van der Waals surface area contributed by atoms with E-state index < -0.39 is 10.0 Å². The average molecular weight is 400 g/mol. The Hall–Kier alpha value is -3.00. The molecule has 0 spiro atoms. The van der Waals surface area contributed by atoms with E-state index in [-0.39, 0.29) is 10.7 Å². The smallest absolute Gasteiger partial charge is 0.276 e. The fourth-order valence-corrected chi connectivity index (χ4v) is 3.46. The van der Waals surface area contributed by atoms with Gasteiger partial charge < -0.3 is 0 Å². The Morgan fingerprint density at radius 2 is 1.86 bits per heavy atom. The lowest BCUT2D eigenvalue weighted by atomic mass is 9.99. The number of halogens is 1. The molecule has 2 N–H and O–H groups in total. The first-order valence-electron chi connectivity index (χ1n) is 8.85. The van der Waals surface area contributed by atoms with Crippen molar-refractivity contribution in [2.45, 2.75) is 31.1 Å². The molecule has 146 valence electrons. The molecular formula is C20H21FN4O2S. The van der Waals surface area contributed by atoms with E-state index in [4.69, 9.17) is 0 Å². The van der Waals surface area contributed by atoms with Crippen molar-refractivity contribution in [2.24, 2.45) is 5.10 Å². The summed E-state index contributed by atoms with van der Waals surface area (Å²) in [4.78, 5) is 2.35. The van der Waals surface area contributed by atoms with Crippen LogP contribution in [0.5, 0.6) is 0 Å². The number of sulfonamides is 1. The molecule has 0 radical (unpaired) electrons. The van der Waals surface area contributed by atoms with Gasteiger partial charge in [-0.3, -0.25) is 5.10 Å². The van der Waals surface area contributed by atoms with Crippen molar-refractivity contribution < 1.29 is 12.8 Å². The third-order valence-electron chi connectivity index (χ3n) is 4.55. The van der Waals surface area contributed by atoms with Crippen LogP contribution in [0.1, 0.15) is 37.3 Å². The highest BCUT2D eigenvalue weighted by Gasteiger charge is 2.14. The zero-order valence-corrected chi connectivity index (χ0v) is 16.4. The molecule has 0 aliphatic heterocycles. The Labute approximate surface area is 163 Å². The number of rotatable bonds is 7. The number of nitrogens with one attached hydrogen (secondary N) is 2. The molecule has 3 rings (SSSR count). The molecule has 2 aromatic carbocycles. The van der Waals surface area contributed by atoms with Crippen LogP contribution in [0, 0.1) is 5.82 Å². The maximum atomic E-state index is 13.1. The molecule has 1 aromatic heterocycles. The lowest BCUT2D eigenvalue weighted by molar-refractivity contribution is 0.584. The van der Waals surface area contributed by atoms with E-state index in [9.17, 15) is 12.8 Å². The molecule has 0 bridgehead atoms. The van der Waals surface area contributed by atoms with E-state index >= 15 is 0 Å². The van der Waals surface area contributed by atoms with E-state index in [1.807, 2.05) is 12.1 Å². The van der Waals surface area contributed by atoms with Gasteiger partial charge in [0.25, 0.3) is 10.0 Å². The molecule has 0 amide bonds. The average Bonchev–Trinajstić information content (AvgIpc) is 3.16. The number of aromatic nitrogens is 2. The molecular weight excluding hydrogens is 379 g/mol. The molecule has 8 heteroatoms. The maximum Gasteiger partial charge on any atom is 0.276 e. The van der Waals surface area contributed by atoms with Crippen LogP contribution in [0.25, 0.3) is 11.3 Å². The molecule has 0 saturated heterocycles. The molecule has 1 heterocycles. The first-order valence-corrected chi connectivity index (χ1v) is 10.3. The van der Waals surface area contributed by atoms with Crippen molar-refractivity contribution in [1.29, 1.82) is 0 Å². The highest BCUT2D eigenvalue weighted by atomic mass is 32.2.